The molecule has 1 aliphatic rings. The highest BCUT2D eigenvalue weighted by Crippen LogP contribution is 2.39. The molecule has 2 rings (SSSR count). The fraction of sp³-hybridized carbons (Fsp3) is 0.583. The average Bonchev–Trinajstić information content (AvgIpc) is 3.11. The van der Waals surface area contributed by atoms with Crippen molar-refractivity contribution >= 4 is 12.0 Å². The third-order valence-electron chi connectivity index (χ3n) is 3.42. The first kappa shape index (κ1) is 13.4. The number of nitrogens with one attached hydrogen (secondary N) is 2. The maximum absolute atomic E-state index is 11.8. The van der Waals surface area contributed by atoms with Gasteiger partial charge in [-0.3, -0.25) is 4.68 Å². The lowest BCUT2D eigenvalue weighted by Gasteiger charge is -2.26. The molecule has 0 radical (unpaired) electrons. The minimum atomic E-state index is -1.18. The van der Waals surface area contributed by atoms with E-state index in [9.17, 15) is 14.7 Å². The molecule has 0 saturated heterocycles. The Hall–Kier alpha value is -2.05. The molecular formula is C12H18N4O3. The van der Waals surface area contributed by atoms with Crippen molar-refractivity contribution in [1.29, 1.82) is 0 Å². The molecule has 1 unspecified atom stereocenters. The van der Waals surface area contributed by atoms with E-state index in [4.69, 9.17) is 0 Å². The van der Waals surface area contributed by atoms with Crippen molar-refractivity contribution in [3.8, 4) is 0 Å². The predicted octanol–water partition coefficient (Wildman–Crippen LogP) is 0.473. The van der Waals surface area contributed by atoms with Crippen LogP contribution in [0.1, 0.15) is 25.3 Å². The van der Waals surface area contributed by atoms with Crippen molar-refractivity contribution < 1.29 is 14.7 Å². The number of carboxylic acids is 1. The van der Waals surface area contributed by atoms with E-state index >= 15 is 0 Å². The fourth-order valence-electron chi connectivity index (χ4n) is 2.02. The van der Waals surface area contributed by atoms with Crippen LogP contribution in [0.4, 0.5) is 4.79 Å². The lowest BCUT2D eigenvalue weighted by Crippen LogP contribution is -2.56. The molecule has 1 atom stereocenters. The van der Waals surface area contributed by atoms with Crippen LogP contribution in [0.15, 0.2) is 12.4 Å². The third kappa shape index (κ3) is 3.04. The van der Waals surface area contributed by atoms with Gasteiger partial charge in [0.05, 0.1) is 6.20 Å². The molecule has 19 heavy (non-hydrogen) atoms. The van der Waals surface area contributed by atoms with Crippen molar-refractivity contribution in [3.63, 3.8) is 0 Å². The summed E-state index contributed by atoms with van der Waals surface area (Å²) in [6, 6.07) is -0.472. The highest BCUT2D eigenvalue weighted by molar-refractivity contribution is 5.86. The van der Waals surface area contributed by atoms with E-state index in [1.165, 1.54) is 0 Å². The van der Waals surface area contributed by atoms with Crippen molar-refractivity contribution in [2.45, 2.75) is 31.8 Å². The van der Waals surface area contributed by atoms with Gasteiger partial charge in [-0.05, 0) is 25.7 Å². The molecule has 104 valence electrons. The van der Waals surface area contributed by atoms with Crippen molar-refractivity contribution in [3.05, 3.63) is 18.0 Å². The quantitative estimate of drug-likeness (QED) is 0.722. The zero-order chi connectivity index (χ0) is 14.0. The highest BCUT2D eigenvalue weighted by atomic mass is 16.4. The lowest BCUT2D eigenvalue weighted by atomic mass is 9.96. The Morgan fingerprint density at radius 1 is 1.58 bits per heavy atom. The number of carbonyl (C=O) groups is 2. The Balaban J connectivity index is 1.88. The largest absolute Gasteiger partial charge is 0.480 e. The van der Waals surface area contributed by atoms with Crippen LogP contribution in [0, 0.1) is 5.92 Å². The Morgan fingerprint density at radius 3 is 2.74 bits per heavy atom. The number of carbonyl (C=O) groups excluding carboxylic acids is 1. The van der Waals surface area contributed by atoms with Gasteiger partial charge < -0.3 is 15.7 Å². The Labute approximate surface area is 111 Å². The molecule has 1 aliphatic carbocycles. The monoisotopic (exact) mass is 266 g/mol. The van der Waals surface area contributed by atoms with Gasteiger partial charge in [-0.2, -0.15) is 5.10 Å². The standard InChI is InChI=1S/C12H18N4O3/c1-12(10(17)18,9-3-4-9)15-11(19)13-5-8-6-14-16(2)7-8/h6-7,9H,3-5H2,1-2H3,(H,17,18)(H2,13,15,19). The molecule has 3 N–H and O–H groups in total. The van der Waals surface area contributed by atoms with Crippen LogP contribution in [0.5, 0.6) is 0 Å². The molecule has 1 heterocycles. The van der Waals surface area contributed by atoms with Crippen LogP contribution < -0.4 is 10.6 Å². The number of hydrogen-bond acceptors (Lipinski definition) is 3. The van der Waals surface area contributed by atoms with Gasteiger partial charge in [-0.25, -0.2) is 9.59 Å². The van der Waals surface area contributed by atoms with E-state index in [0.717, 1.165) is 18.4 Å². The second-order valence-electron chi connectivity index (χ2n) is 5.11. The molecule has 0 bridgehead atoms. The third-order valence-corrected chi connectivity index (χ3v) is 3.42. The number of amides is 2. The van der Waals surface area contributed by atoms with Crippen molar-refractivity contribution in [1.82, 2.24) is 20.4 Å². The number of rotatable bonds is 5. The smallest absolute Gasteiger partial charge is 0.329 e. The first-order chi connectivity index (χ1) is 8.91. The molecule has 1 aromatic heterocycles. The minimum Gasteiger partial charge on any atom is -0.480 e. The molecule has 0 aromatic carbocycles. The Morgan fingerprint density at radius 2 is 2.26 bits per heavy atom. The molecular weight excluding hydrogens is 248 g/mol. The Kier molecular flexibility index (Phi) is 3.46. The van der Waals surface area contributed by atoms with Crippen LogP contribution in [-0.2, 0) is 18.4 Å². The summed E-state index contributed by atoms with van der Waals surface area (Å²) in [7, 11) is 1.79. The van der Waals surface area contributed by atoms with Crippen LogP contribution in [0.2, 0.25) is 0 Å². The van der Waals surface area contributed by atoms with E-state index in [1.54, 1.807) is 31.0 Å². The van der Waals surface area contributed by atoms with Gasteiger partial charge in [0.15, 0.2) is 0 Å². The molecule has 1 aromatic rings. The Bertz CT molecular complexity index is 495. The molecule has 1 fully saturated rings. The van der Waals surface area contributed by atoms with Gasteiger partial charge in [0.1, 0.15) is 5.54 Å². The first-order valence-corrected chi connectivity index (χ1v) is 6.19. The molecule has 2 amide bonds. The molecule has 0 aliphatic heterocycles. The summed E-state index contributed by atoms with van der Waals surface area (Å²) in [6.07, 6.45) is 5.12. The van der Waals surface area contributed by atoms with Gasteiger partial charge in [0.25, 0.3) is 0 Å². The summed E-state index contributed by atoms with van der Waals surface area (Å²) in [5, 5.41) is 18.4. The second kappa shape index (κ2) is 4.91. The van der Waals surface area contributed by atoms with Crippen molar-refractivity contribution in [2.24, 2.45) is 13.0 Å². The summed E-state index contributed by atoms with van der Waals surface area (Å²) in [4.78, 5) is 23.0. The predicted molar refractivity (Wildman–Crippen MR) is 67.3 cm³/mol. The van der Waals surface area contributed by atoms with Gasteiger partial charge in [0.2, 0.25) is 0 Å². The number of aryl methyl sites for hydroxylation is 1. The normalized spacial score (nSPS) is 17.6. The number of urea groups is 1. The van der Waals surface area contributed by atoms with Crippen LogP contribution in [-0.4, -0.2) is 32.4 Å². The van der Waals surface area contributed by atoms with E-state index in [1.807, 2.05) is 0 Å². The zero-order valence-corrected chi connectivity index (χ0v) is 11.0. The van der Waals surface area contributed by atoms with E-state index in [0.29, 0.717) is 6.54 Å². The second-order valence-corrected chi connectivity index (χ2v) is 5.11. The molecule has 1 saturated carbocycles. The van der Waals surface area contributed by atoms with Crippen LogP contribution >= 0.6 is 0 Å². The summed E-state index contributed by atoms with van der Waals surface area (Å²) in [5.41, 5.74) is -0.319. The SMILES string of the molecule is Cn1cc(CNC(=O)NC(C)(C(=O)O)C2CC2)cn1. The first-order valence-electron chi connectivity index (χ1n) is 6.19. The topological polar surface area (TPSA) is 96.2 Å². The van der Waals surface area contributed by atoms with Crippen LogP contribution in [0.3, 0.4) is 0 Å². The average molecular weight is 266 g/mol. The number of aliphatic carboxylic acids is 1. The molecule has 7 heteroatoms. The van der Waals surface area contributed by atoms with E-state index in [2.05, 4.69) is 15.7 Å². The van der Waals surface area contributed by atoms with E-state index < -0.39 is 17.5 Å². The number of nitrogens with zero attached hydrogens (tertiary/aromatic N) is 2. The van der Waals surface area contributed by atoms with E-state index in [-0.39, 0.29) is 5.92 Å². The number of carboxylic acid groups (broad SMARTS) is 1. The summed E-state index contributed by atoms with van der Waals surface area (Å²) >= 11 is 0. The number of aromatic nitrogens is 2. The summed E-state index contributed by atoms with van der Waals surface area (Å²) < 4.78 is 1.64. The summed E-state index contributed by atoms with van der Waals surface area (Å²) in [6.45, 7) is 1.87. The van der Waals surface area contributed by atoms with Gasteiger partial charge >= 0.3 is 12.0 Å². The maximum Gasteiger partial charge on any atom is 0.329 e. The van der Waals surface area contributed by atoms with Gasteiger partial charge in [-0.1, -0.05) is 0 Å². The maximum atomic E-state index is 11.8. The lowest BCUT2D eigenvalue weighted by molar-refractivity contribution is -0.144. The number of hydrogen-bond donors (Lipinski definition) is 3. The van der Waals surface area contributed by atoms with Crippen LogP contribution in [0.25, 0.3) is 0 Å². The van der Waals surface area contributed by atoms with Crippen molar-refractivity contribution in [2.75, 3.05) is 0 Å². The highest BCUT2D eigenvalue weighted by Gasteiger charge is 2.48. The zero-order valence-electron chi connectivity index (χ0n) is 11.0. The fourth-order valence-corrected chi connectivity index (χ4v) is 2.02. The summed E-state index contributed by atoms with van der Waals surface area (Å²) in [5.74, 6) is -0.972. The molecule has 7 nitrogen and oxygen atoms in total. The van der Waals surface area contributed by atoms with Gasteiger partial charge in [-0.15, -0.1) is 0 Å². The molecule has 0 spiro atoms. The minimum absolute atomic E-state index is 0.0224. The van der Waals surface area contributed by atoms with Gasteiger partial charge in [0, 0.05) is 25.4 Å².